The van der Waals surface area contributed by atoms with Gasteiger partial charge >= 0.3 is 0 Å². The van der Waals surface area contributed by atoms with Gasteiger partial charge in [-0.3, -0.25) is 0 Å². The van der Waals surface area contributed by atoms with Crippen LogP contribution in [-0.4, -0.2) is 21.5 Å². The number of para-hydroxylation sites is 1. The monoisotopic (exact) mass is 292 g/mol. The van der Waals surface area contributed by atoms with Gasteiger partial charge in [0, 0.05) is 30.1 Å². The molecule has 0 spiro atoms. The summed E-state index contributed by atoms with van der Waals surface area (Å²) in [5.74, 6) is 6.27. The summed E-state index contributed by atoms with van der Waals surface area (Å²) in [6.07, 6.45) is 3.62. The molecular weight excluding hydrogens is 279 g/mol. The van der Waals surface area contributed by atoms with Crippen molar-refractivity contribution in [3.8, 4) is 11.8 Å². The lowest BCUT2D eigenvalue weighted by molar-refractivity contribution is 0.583. The Labute approximate surface area is 127 Å². The number of benzene rings is 1. The second-order valence-corrected chi connectivity index (χ2v) is 4.59. The molecule has 108 valence electrons. The second-order valence-electron chi connectivity index (χ2n) is 4.59. The number of pyridine rings is 1. The third kappa shape index (κ3) is 3.36. The zero-order chi connectivity index (χ0) is 15.2. The van der Waals surface area contributed by atoms with E-state index in [4.69, 9.17) is 0 Å². The maximum atomic E-state index is 12.7. The second kappa shape index (κ2) is 6.64. The summed E-state index contributed by atoms with van der Waals surface area (Å²) < 4.78 is 12.7. The van der Waals surface area contributed by atoms with Crippen LogP contribution in [0.5, 0.6) is 0 Å². The number of aromatic nitrogens is 3. The van der Waals surface area contributed by atoms with Gasteiger partial charge in [0.05, 0.1) is 5.52 Å². The highest BCUT2D eigenvalue weighted by Gasteiger charge is 2.00. The van der Waals surface area contributed by atoms with Gasteiger partial charge in [0.1, 0.15) is 12.1 Å². The summed E-state index contributed by atoms with van der Waals surface area (Å²) >= 11 is 0. The normalized spacial score (nSPS) is 10.0. The molecule has 0 aliphatic heterocycles. The summed E-state index contributed by atoms with van der Waals surface area (Å²) in [4.78, 5) is 12.0. The van der Waals surface area contributed by atoms with Crippen LogP contribution in [0.15, 0.2) is 48.9 Å². The molecule has 0 atom stereocenters. The quantitative estimate of drug-likeness (QED) is 0.458. The molecule has 0 amide bonds. The van der Waals surface area contributed by atoms with E-state index in [9.17, 15) is 4.39 Å². The summed E-state index contributed by atoms with van der Waals surface area (Å²) in [6.45, 7) is 0.669. The Morgan fingerprint density at radius 3 is 2.82 bits per heavy atom. The van der Waals surface area contributed by atoms with E-state index in [1.54, 1.807) is 12.4 Å². The van der Waals surface area contributed by atoms with Crippen LogP contribution in [0, 0.1) is 17.8 Å². The zero-order valence-electron chi connectivity index (χ0n) is 11.8. The van der Waals surface area contributed by atoms with Crippen LogP contribution in [0.3, 0.4) is 0 Å². The molecule has 0 bridgehead atoms. The van der Waals surface area contributed by atoms with Crippen LogP contribution >= 0.6 is 0 Å². The fourth-order valence-electron chi connectivity index (χ4n) is 2.00. The van der Waals surface area contributed by atoms with Gasteiger partial charge in [-0.15, -0.1) is 0 Å². The van der Waals surface area contributed by atoms with Crippen molar-refractivity contribution in [3.63, 3.8) is 0 Å². The van der Waals surface area contributed by atoms with Gasteiger partial charge in [-0.05, 0) is 24.3 Å². The van der Waals surface area contributed by atoms with Crippen molar-refractivity contribution >= 4 is 16.7 Å². The molecule has 1 N–H and O–H groups in total. The molecule has 5 heteroatoms. The smallest absolute Gasteiger partial charge is 0.212 e. The molecule has 3 rings (SSSR count). The standard InChI is InChI=1S/C17H13FN4/c18-16-9-8-13(11-20-16)5-3-4-10-19-17-14-6-1-2-7-15(14)21-12-22-17/h1-2,6-9,11-12H,4,10H2,(H,19,21,22). The predicted octanol–water partition coefficient (Wildman–Crippen LogP) is 3.02. The zero-order valence-corrected chi connectivity index (χ0v) is 11.8. The number of fused-ring (bicyclic) bond motifs is 1. The minimum Gasteiger partial charge on any atom is -0.368 e. The Morgan fingerprint density at radius 2 is 1.95 bits per heavy atom. The first-order valence-electron chi connectivity index (χ1n) is 6.87. The first kappa shape index (κ1) is 14.0. The summed E-state index contributed by atoms with van der Waals surface area (Å²) in [5, 5.41) is 4.24. The Balaban J connectivity index is 1.60. The van der Waals surface area contributed by atoms with Crippen molar-refractivity contribution in [1.82, 2.24) is 15.0 Å². The topological polar surface area (TPSA) is 50.7 Å². The number of hydrogen-bond acceptors (Lipinski definition) is 4. The molecule has 3 aromatic rings. The number of nitrogens with one attached hydrogen (secondary N) is 1. The SMILES string of the molecule is Fc1ccc(C#CCCNc2ncnc3ccccc23)cn1. The van der Waals surface area contributed by atoms with E-state index < -0.39 is 5.95 Å². The Bertz CT molecular complexity index is 829. The molecule has 2 aromatic heterocycles. The summed E-state index contributed by atoms with van der Waals surface area (Å²) in [5.41, 5.74) is 1.61. The average molecular weight is 292 g/mol. The van der Waals surface area contributed by atoms with Gasteiger partial charge in [-0.2, -0.15) is 4.39 Å². The molecular formula is C17H13FN4. The highest BCUT2D eigenvalue weighted by atomic mass is 19.1. The van der Waals surface area contributed by atoms with Crippen molar-refractivity contribution in [2.45, 2.75) is 6.42 Å². The van der Waals surface area contributed by atoms with Crippen LogP contribution < -0.4 is 5.32 Å². The predicted molar refractivity (Wildman–Crippen MR) is 83.7 cm³/mol. The van der Waals surface area contributed by atoms with Crippen molar-refractivity contribution in [2.24, 2.45) is 0 Å². The van der Waals surface area contributed by atoms with Gasteiger partial charge in [0.2, 0.25) is 5.95 Å². The first-order valence-corrected chi connectivity index (χ1v) is 6.87. The van der Waals surface area contributed by atoms with E-state index in [-0.39, 0.29) is 0 Å². The number of hydrogen-bond donors (Lipinski definition) is 1. The van der Waals surface area contributed by atoms with Crippen molar-refractivity contribution < 1.29 is 4.39 Å². The lowest BCUT2D eigenvalue weighted by Gasteiger charge is -2.05. The van der Waals surface area contributed by atoms with Crippen LogP contribution in [-0.2, 0) is 0 Å². The van der Waals surface area contributed by atoms with Gasteiger partial charge in [-0.1, -0.05) is 24.0 Å². The maximum absolute atomic E-state index is 12.7. The molecule has 0 unspecified atom stereocenters. The minimum absolute atomic E-state index is 0.497. The number of nitrogens with zero attached hydrogens (tertiary/aromatic N) is 3. The highest BCUT2D eigenvalue weighted by Crippen LogP contribution is 2.17. The molecule has 0 aliphatic rings. The van der Waals surface area contributed by atoms with E-state index in [0.717, 1.165) is 16.7 Å². The molecule has 0 fully saturated rings. The third-order valence-electron chi connectivity index (χ3n) is 3.05. The highest BCUT2D eigenvalue weighted by molar-refractivity contribution is 5.88. The maximum Gasteiger partial charge on any atom is 0.212 e. The van der Waals surface area contributed by atoms with Crippen LogP contribution in [0.4, 0.5) is 10.2 Å². The largest absolute Gasteiger partial charge is 0.368 e. The van der Waals surface area contributed by atoms with Crippen LogP contribution in [0.25, 0.3) is 10.9 Å². The van der Waals surface area contributed by atoms with Crippen molar-refractivity contribution in [1.29, 1.82) is 0 Å². The molecule has 0 aliphatic carbocycles. The Kier molecular flexibility index (Phi) is 4.21. The summed E-state index contributed by atoms with van der Waals surface area (Å²) in [7, 11) is 0. The number of anilines is 1. The van der Waals surface area contributed by atoms with Gasteiger partial charge < -0.3 is 5.32 Å². The molecule has 0 saturated carbocycles. The molecule has 0 radical (unpaired) electrons. The molecule has 22 heavy (non-hydrogen) atoms. The van der Waals surface area contributed by atoms with Crippen molar-refractivity contribution in [2.75, 3.05) is 11.9 Å². The van der Waals surface area contributed by atoms with Crippen LogP contribution in [0.2, 0.25) is 0 Å². The third-order valence-corrected chi connectivity index (χ3v) is 3.05. The fourth-order valence-corrected chi connectivity index (χ4v) is 2.00. The van der Waals surface area contributed by atoms with Gasteiger partial charge in [0.15, 0.2) is 0 Å². The number of rotatable bonds is 3. The molecule has 2 heterocycles. The summed E-state index contributed by atoms with van der Waals surface area (Å²) in [6, 6.07) is 10.7. The van der Waals surface area contributed by atoms with E-state index in [1.807, 2.05) is 24.3 Å². The Hall–Kier alpha value is -3.00. The van der Waals surface area contributed by atoms with Crippen LogP contribution in [0.1, 0.15) is 12.0 Å². The lowest BCUT2D eigenvalue weighted by atomic mass is 10.2. The molecule has 1 aromatic carbocycles. The minimum atomic E-state index is -0.497. The lowest BCUT2D eigenvalue weighted by Crippen LogP contribution is -2.03. The first-order chi connectivity index (χ1) is 10.8. The molecule has 4 nitrogen and oxygen atoms in total. The fraction of sp³-hybridized carbons (Fsp3) is 0.118. The van der Waals surface area contributed by atoms with Gasteiger partial charge in [0.25, 0.3) is 0 Å². The van der Waals surface area contributed by atoms with E-state index in [0.29, 0.717) is 18.5 Å². The van der Waals surface area contributed by atoms with Crippen molar-refractivity contribution in [3.05, 3.63) is 60.4 Å². The van der Waals surface area contributed by atoms with E-state index >= 15 is 0 Å². The molecule has 0 saturated heterocycles. The van der Waals surface area contributed by atoms with E-state index in [1.165, 1.54) is 12.3 Å². The van der Waals surface area contributed by atoms with Gasteiger partial charge in [-0.25, -0.2) is 15.0 Å². The Morgan fingerprint density at radius 1 is 1.05 bits per heavy atom. The number of halogens is 1. The van der Waals surface area contributed by atoms with E-state index in [2.05, 4.69) is 32.1 Å². The average Bonchev–Trinajstić information content (AvgIpc) is 2.56.